The van der Waals surface area contributed by atoms with E-state index in [2.05, 4.69) is 32.5 Å². The smallest absolute Gasteiger partial charge is 0.251 e. The summed E-state index contributed by atoms with van der Waals surface area (Å²) in [5, 5.41) is 6.14. The molecular formula is C26H31N5O2. The average molecular weight is 446 g/mol. The molecule has 0 unspecified atom stereocenters. The van der Waals surface area contributed by atoms with E-state index in [-0.39, 0.29) is 11.9 Å². The van der Waals surface area contributed by atoms with Crippen molar-refractivity contribution in [1.82, 2.24) is 20.3 Å². The maximum absolute atomic E-state index is 13.0. The molecule has 1 aliphatic carbocycles. The Bertz CT molecular complexity index is 1110. The van der Waals surface area contributed by atoms with Crippen molar-refractivity contribution in [1.29, 1.82) is 0 Å². The Balaban J connectivity index is 1.55. The summed E-state index contributed by atoms with van der Waals surface area (Å²) in [7, 11) is 1.77. The van der Waals surface area contributed by atoms with Gasteiger partial charge in [-0.2, -0.15) is 0 Å². The van der Waals surface area contributed by atoms with Crippen molar-refractivity contribution >= 4 is 11.9 Å². The molecule has 2 N–H and O–H groups in total. The van der Waals surface area contributed by atoms with Gasteiger partial charge in [-0.25, -0.2) is 15.0 Å². The second-order valence-corrected chi connectivity index (χ2v) is 8.61. The minimum absolute atomic E-state index is 0.0753. The summed E-state index contributed by atoms with van der Waals surface area (Å²) in [6.45, 7) is 4.06. The highest BCUT2D eigenvalue weighted by Crippen LogP contribution is 2.32. The molecule has 0 bridgehead atoms. The number of aromatic nitrogens is 3. The van der Waals surface area contributed by atoms with Gasteiger partial charge in [-0.1, -0.05) is 25.3 Å². The van der Waals surface area contributed by atoms with E-state index >= 15 is 0 Å². The Hall–Kier alpha value is -3.48. The van der Waals surface area contributed by atoms with Crippen LogP contribution in [0.1, 0.15) is 54.9 Å². The van der Waals surface area contributed by atoms with Gasteiger partial charge in [0.1, 0.15) is 5.75 Å². The Morgan fingerprint density at radius 1 is 1.09 bits per heavy atom. The molecular weight excluding hydrogens is 414 g/mol. The van der Waals surface area contributed by atoms with E-state index in [1.807, 2.05) is 37.3 Å². The lowest BCUT2D eigenvalue weighted by molar-refractivity contribution is 0.0919. The monoisotopic (exact) mass is 445 g/mol. The number of amides is 1. The quantitative estimate of drug-likeness (QED) is 0.508. The van der Waals surface area contributed by atoms with E-state index in [1.54, 1.807) is 25.5 Å². The standard InChI is InChI=1S/C26H31N5O2/c1-17-11-12-20(24(32)30-18(2)19-8-5-4-6-9-19)16-23(17)33-25-21(10-7-14-28-25)22-13-15-29-26(27-3)31-22/h7,10-16,18-19H,4-6,8-9H2,1-3H3,(H,30,32)(H,27,29,31)/t18-/m1/s1. The molecule has 1 aromatic carbocycles. The van der Waals surface area contributed by atoms with Crippen LogP contribution in [0.2, 0.25) is 0 Å². The summed E-state index contributed by atoms with van der Waals surface area (Å²) >= 11 is 0. The lowest BCUT2D eigenvalue weighted by Crippen LogP contribution is -2.38. The van der Waals surface area contributed by atoms with E-state index in [9.17, 15) is 4.79 Å². The van der Waals surface area contributed by atoms with Gasteiger partial charge in [0.2, 0.25) is 11.8 Å². The van der Waals surface area contributed by atoms with E-state index in [4.69, 9.17) is 4.74 Å². The molecule has 0 radical (unpaired) electrons. The van der Waals surface area contributed by atoms with Crippen LogP contribution >= 0.6 is 0 Å². The zero-order valence-corrected chi connectivity index (χ0v) is 19.5. The highest BCUT2D eigenvalue weighted by Gasteiger charge is 2.22. The minimum Gasteiger partial charge on any atom is -0.438 e. The molecule has 3 aromatic rings. The predicted molar refractivity (Wildman–Crippen MR) is 130 cm³/mol. The van der Waals surface area contributed by atoms with Gasteiger partial charge in [0, 0.05) is 31.0 Å². The summed E-state index contributed by atoms with van der Waals surface area (Å²) in [5.41, 5.74) is 2.94. The van der Waals surface area contributed by atoms with Crippen molar-refractivity contribution in [2.24, 2.45) is 5.92 Å². The summed E-state index contributed by atoms with van der Waals surface area (Å²) in [6.07, 6.45) is 9.54. The summed E-state index contributed by atoms with van der Waals surface area (Å²) in [4.78, 5) is 26.1. The summed E-state index contributed by atoms with van der Waals surface area (Å²) < 4.78 is 6.21. The summed E-state index contributed by atoms with van der Waals surface area (Å²) in [5.74, 6) is 2.01. The third kappa shape index (κ3) is 5.48. The lowest BCUT2D eigenvalue weighted by Gasteiger charge is -2.28. The summed E-state index contributed by atoms with van der Waals surface area (Å²) in [6, 6.07) is 11.2. The zero-order chi connectivity index (χ0) is 23.2. The van der Waals surface area contributed by atoms with Crippen LogP contribution in [0.4, 0.5) is 5.95 Å². The number of ether oxygens (including phenoxy) is 1. The fraction of sp³-hybridized carbons (Fsp3) is 0.385. The molecule has 7 nitrogen and oxygen atoms in total. The van der Waals surface area contributed by atoms with Gasteiger partial charge in [-0.15, -0.1) is 0 Å². The predicted octanol–water partition coefficient (Wildman–Crippen LogP) is 5.38. The molecule has 2 heterocycles. The van der Waals surface area contributed by atoms with E-state index < -0.39 is 0 Å². The van der Waals surface area contributed by atoms with Crippen molar-refractivity contribution in [3.8, 4) is 22.9 Å². The Morgan fingerprint density at radius 2 is 1.91 bits per heavy atom. The third-order valence-electron chi connectivity index (χ3n) is 6.30. The van der Waals surface area contributed by atoms with Gasteiger partial charge < -0.3 is 15.4 Å². The minimum atomic E-state index is -0.0753. The number of nitrogens with one attached hydrogen (secondary N) is 2. The number of hydrogen-bond donors (Lipinski definition) is 2. The van der Waals surface area contributed by atoms with Gasteiger partial charge in [-0.05, 0) is 68.5 Å². The molecule has 1 saturated carbocycles. The van der Waals surface area contributed by atoms with E-state index in [1.165, 1.54) is 32.1 Å². The Kier molecular flexibility index (Phi) is 7.17. The Morgan fingerprint density at radius 3 is 2.70 bits per heavy atom. The molecule has 1 aliphatic rings. The van der Waals surface area contributed by atoms with Crippen molar-refractivity contribution in [3.05, 3.63) is 59.9 Å². The highest BCUT2D eigenvalue weighted by atomic mass is 16.5. The van der Waals surface area contributed by atoms with Crippen molar-refractivity contribution < 1.29 is 9.53 Å². The van der Waals surface area contributed by atoms with Gasteiger partial charge in [0.05, 0.1) is 11.3 Å². The van der Waals surface area contributed by atoms with Gasteiger partial charge in [-0.3, -0.25) is 4.79 Å². The van der Waals surface area contributed by atoms with Crippen LogP contribution in [-0.4, -0.2) is 33.9 Å². The van der Waals surface area contributed by atoms with Gasteiger partial charge in [0.25, 0.3) is 5.91 Å². The molecule has 7 heteroatoms. The number of anilines is 1. The number of rotatable bonds is 7. The van der Waals surface area contributed by atoms with Crippen molar-refractivity contribution in [3.63, 3.8) is 0 Å². The first kappa shape index (κ1) is 22.7. The van der Waals surface area contributed by atoms with E-state index in [0.717, 1.165) is 11.1 Å². The Labute approximate surface area is 195 Å². The maximum Gasteiger partial charge on any atom is 0.251 e. The number of aryl methyl sites for hydroxylation is 1. The average Bonchev–Trinajstić information content (AvgIpc) is 2.86. The number of hydrogen-bond acceptors (Lipinski definition) is 6. The first-order chi connectivity index (χ1) is 16.0. The van der Waals surface area contributed by atoms with Crippen LogP contribution < -0.4 is 15.4 Å². The molecule has 1 amide bonds. The van der Waals surface area contributed by atoms with Crippen LogP contribution in [0.5, 0.6) is 11.6 Å². The topological polar surface area (TPSA) is 89.0 Å². The number of carbonyl (C=O) groups is 1. The zero-order valence-electron chi connectivity index (χ0n) is 19.5. The SMILES string of the molecule is CNc1nccc(-c2cccnc2Oc2cc(C(=O)N[C@H](C)C3CCCCC3)ccc2C)n1. The largest absolute Gasteiger partial charge is 0.438 e. The molecule has 1 fully saturated rings. The highest BCUT2D eigenvalue weighted by molar-refractivity contribution is 5.95. The lowest BCUT2D eigenvalue weighted by atomic mass is 9.84. The van der Waals surface area contributed by atoms with Crippen LogP contribution in [0.25, 0.3) is 11.3 Å². The molecule has 2 aromatic heterocycles. The number of nitrogens with zero attached hydrogens (tertiary/aromatic N) is 3. The van der Waals surface area contributed by atoms with Crippen LogP contribution in [-0.2, 0) is 0 Å². The van der Waals surface area contributed by atoms with Gasteiger partial charge >= 0.3 is 0 Å². The fourth-order valence-electron chi connectivity index (χ4n) is 4.29. The number of pyridine rings is 1. The molecule has 1 atom stereocenters. The van der Waals surface area contributed by atoms with E-state index in [0.29, 0.717) is 34.8 Å². The maximum atomic E-state index is 13.0. The third-order valence-corrected chi connectivity index (χ3v) is 6.30. The van der Waals surface area contributed by atoms with Gasteiger partial charge in [0.15, 0.2) is 0 Å². The van der Waals surface area contributed by atoms with Crippen LogP contribution in [0.15, 0.2) is 48.8 Å². The molecule has 0 saturated heterocycles. The molecule has 172 valence electrons. The second kappa shape index (κ2) is 10.4. The molecule has 0 spiro atoms. The molecule has 0 aliphatic heterocycles. The fourth-order valence-corrected chi connectivity index (χ4v) is 4.29. The van der Waals surface area contributed by atoms with Crippen LogP contribution in [0, 0.1) is 12.8 Å². The number of benzene rings is 1. The first-order valence-corrected chi connectivity index (χ1v) is 11.6. The number of carbonyl (C=O) groups excluding carboxylic acids is 1. The van der Waals surface area contributed by atoms with Crippen molar-refractivity contribution in [2.75, 3.05) is 12.4 Å². The second-order valence-electron chi connectivity index (χ2n) is 8.61. The van der Waals surface area contributed by atoms with Crippen molar-refractivity contribution in [2.45, 2.75) is 52.0 Å². The first-order valence-electron chi connectivity index (χ1n) is 11.6. The molecule has 4 rings (SSSR count). The normalized spacial score (nSPS) is 15.0. The van der Waals surface area contributed by atoms with Crippen LogP contribution in [0.3, 0.4) is 0 Å². The molecule has 33 heavy (non-hydrogen) atoms.